The van der Waals surface area contributed by atoms with Crippen molar-refractivity contribution in [1.29, 1.82) is 5.26 Å². The topological polar surface area (TPSA) is 70.4 Å². The average molecular weight is 226 g/mol. The molecule has 0 unspecified atom stereocenters. The fourth-order valence-electron chi connectivity index (χ4n) is 1.09. The third-order valence-corrected chi connectivity index (χ3v) is 2.72. The minimum atomic E-state index is -0.461. The molecule has 0 N–H and O–H groups in total. The smallest absolute Gasteiger partial charge is 0.326 e. The SMILES string of the molecule is CCOC(=O)CN1C(=O)CS/C1=C/C#N. The van der Waals surface area contributed by atoms with Crippen LogP contribution in [-0.4, -0.2) is 35.7 Å². The zero-order chi connectivity index (χ0) is 11.3. The van der Waals surface area contributed by atoms with Gasteiger partial charge in [-0.3, -0.25) is 14.5 Å². The lowest BCUT2D eigenvalue weighted by atomic mass is 10.5. The van der Waals surface area contributed by atoms with E-state index in [9.17, 15) is 9.59 Å². The van der Waals surface area contributed by atoms with E-state index in [0.717, 1.165) is 0 Å². The summed E-state index contributed by atoms with van der Waals surface area (Å²) in [5, 5.41) is 8.98. The Morgan fingerprint density at radius 2 is 2.53 bits per heavy atom. The Kier molecular flexibility index (Phi) is 4.18. The molecular weight excluding hydrogens is 216 g/mol. The zero-order valence-electron chi connectivity index (χ0n) is 8.23. The van der Waals surface area contributed by atoms with E-state index in [1.807, 2.05) is 6.07 Å². The normalized spacial score (nSPS) is 18.0. The quantitative estimate of drug-likeness (QED) is 0.517. The highest BCUT2D eigenvalue weighted by Gasteiger charge is 2.28. The van der Waals surface area contributed by atoms with E-state index in [2.05, 4.69) is 0 Å². The Hall–Kier alpha value is -1.48. The van der Waals surface area contributed by atoms with Gasteiger partial charge in [0, 0.05) is 6.08 Å². The molecule has 0 aliphatic carbocycles. The van der Waals surface area contributed by atoms with Crippen LogP contribution in [0, 0.1) is 11.3 Å². The molecule has 1 aliphatic heterocycles. The summed E-state index contributed by atoms with van der Waals surface area (Å²) in [6.45, 7) is 1.86. The largest absolute Gasteiger partial charge is 0.465 e. The third-order valence-electron chi connectivity index (χ3n) is 1.69. The van der Waals surface area contributed by atoms with Crippen LogP contribution in [0.25, 0.3) is 0 Å². The summed E-state index contributed by atoms with van der Waals surface area (Å²) in [5.41, 5.74) is 0. The van der Waals surface area contributed by atoms with Crippen molar-refractivity contribution in [2.75, 3.05) is 18.9 Å². The highest BCUT2D eigenvalue weighted by atomic mass is 32.2. The maximum Gasteiger partial charge on any atom is 0.326 e. The number of amides is 1. The minimum Gasteiger partial charge on any atom is -0.465 e. The number of ether oxygens (including phenoxy) is 1. The van der Waals surface area contributed by atoms with Crippen LogP contribution in [0.2, 0.25) is 0 Å². The Balaban J connectivity index is 2.66. The van der Waals surface area contributed by atoms with Crippen molar-refractivity contribution in [2.45, 2.75) is 6.92 Å². The van der Waals surface area contributed by atoms with Crippen molar-refractivity contribution in [3.05, 3.63) is 11.1 Å². The first-order valence-electron chi connectivity index (χ1n) is 4.37. The summed E-state index contributed by atoms with van der Waals surface area (Å²) in [6, 6.07) is 1.84. The molecule has 0 saturated carbocycles. The maximum absolute atomic E-state index is 11.3. The molecule has 1 amide bonds. The Morgan fingerprint density at radius 1 is 1.80 bits per heavy atom. The van der Waals surface area contributed by atoms with Gasteiger partial charge in [-0.25, -0.2) is 0 Å². The first-order valence-corrected chi connectivity index (χ1v) is 5.36. The molecule has 0 bridgehead atoms. The molecule has 0 spiro atoms. The number of carbonyl (C=O) groups is 2. The maximum atomic E-state index is 11.3. The van der Waals surface area contributed by atoms with Gasteiger partial charge in [0.15, 0.2) is 0 Å². The van der Waals surface area contributed by atoms with Gasteiger partial charge in [-0.05, 0) is 6.92 Å². The molecule has 0 aromatic carbocycles. The molecule has 0 atom stereocenters. The van der Waals surface area contributed by atoms with Gasteiger partial charge in [-0.1, -0.05) is 11.8 Å². The minimum absolute atomic E-state index is 0.118. The fourth-order valence-corrected chi connectivity index (χ4v) is 1.98. The van der Waals surface area contributed by atoms with Gasteiger partial charge in [-0.2, -0.15) is 5.26 Å². The number of hydrogen-bond donors (Lipinski definition) is 0. The van der Waals surface area contributed by atoms with Crippen molar-refractivity contribution >= 4 is 23.6 Å². The molecule has 1 rings (SSSR count). The number of thioether (sulfide) groups is 1. The van der Waals surface area contributed by atoms with E-state index in [0.29, 0.717) is 5.03 Å². The second-order valence-electron chi connectivity index (χ2n) is 2.69. The molecule has 15 heavy (non-hydrogen) atoms. The number of allylic oxidation sites excluding steroid dienone is 1. The molecule has 0 aromatic rings. The van der Waals surface area contributed by atoms with E-state index in [1.54, 1.807) is 6.92 Å². The summed E-state index contributed by atoms with van der Waals surface area (Å²) in [5.74, 6) is -0.362. The number of carbonyl (C=O) groups excluding carboxylic acids is 2. The molecular formula is C9H10N2O3S. The molecule has 0 radical (unpaired) electrons. The predicted octanol–water partition coefficient (Wildman–Crippen LogP) is 0.490. The van der Waals surface area contributed by atoms with Crippen molar-refractivity contribution in [3.63, 3.8) is 0 Å². The van der Waals surface area contributed by atoms with Crippen molar-refractivity contribution in [2.24, 2.45) is 0 Å². The van der Waals surface area contributed by atoms with Gasteiger partial charge in [0.2, 0.25) is 5.91 Å². The standard InChI is InChI=1S/C9H10N2O3S/c1-2-14-9(13)5-11-7(12)6-15-8(11)3-4-10/h3H,2,5-6H2,1H3/b8-3+. The van der Waals surface area contributed by atoms with Crippen LogP contribution in [0.3, 0.4) is 0 Å². The molecule has 0 aromatic heterocycles. The van der Waals surface area contributed by atoms with E-state index in [-0.39, 0.29) is 24.8 Å². The summed E-state index contributed by atoms with van der Waals surface area (Å²) in [4.78, 5) is 23.8. The number of hydrogen-bond acceptors (Lipinski definition) is 5. The number of rotatable bonds is 3. The van der Waals surface area contributed by atoms with Gasteiger partial charge >= 0.3 is 5.97 Å². The van der Waals surface area contributed by atoms with E-state index in [4.69, 9.17) is 10.00 Å². The van der Waals surface area contributed by atoms with Gasteiger partial charge in [-0.15, -0.1) is 0 Å². The lowest BCUT2D eigenvalue weighted by Crippen LogP contribution is -2.31. The second kappa shape index (κ2) is 5.41. The summed E-state index contributed by atoms with van der Waals surface area (Å²) in [7, 11) is 0. The molecule has 6 heteroatoms. The Labute approximate surface area is 91.7 Å². The lowest BCUT2D eigenvalue weighted by Gasteiger charge is -2.14. The summed E-state index contributed by atoms with van der Waals surface area (Å²) in [6.07, 6.45) is 1.26. The van der Waals surface area contributed by atoms with Gasteiger partial charge in [0.1, 0.15) is 6.54 Å². The van der Waals surface area contributed by atoms with Gasteiger partial charge in [0.25, 0.3) is 0 Å². The van der Waals surface area contributed by atoms with Crippen LogP contribution in [0.4, 0.5) is 0 Å². The van der Waals surface area contributed by atoms with E-state index in [1.165, 1.54) is 22.7 Å². The van der Waals surface area contributed by atoms with Crippen LogP contribution >= 0.6 is 11.8 Å². The molecule has 1 aliphatic rings. The van der Waals surface area contributed by atoms with Gasteiger partial charge in [0.05, 0.1) is 23.5 Å². The van der Waals surface area contributed by atoms with Crippen LogP contribution in [0.1, 0.15) is 6.92 Å². The van der Waals surface area contributed by atoms with Crippen molar-refractivity contribution < 1.29 is 14.3 Å². The van der Waals surface area contributed by atoms with Crippen LogP contribution in [-0.2, 0) is 14.3 Å². The van der Waals surface area contributed by atoms with Gasteiger partial charge < -0.3 is 4.74 Å². The number of nitrogens with zero attached hydrogens (tertiary/aromatic N) is 2. The first kappa shape index (κ1) is 11.6. The first-order chi connectivity index (χ1) is 7.19. The van der Waals surface area contributed by atoms with Crippen LogP contribution in [0.5, 0.6) is 0 Å². The van der Waals surface area contributed by atoms with Crippen LogP contribution < -0.4 is 0 Å². The van der Waals surface area contributed by atoms with Crippen molar-refractivity contribution in [3.8, 4) is 6.07 Å². The highest BCUT2D eigenvalue weighted by Crippen LogP contribution is 2.28. The van der Waals surface area contributed by atoms with Crippen LogP contribution in [0.15, 0.2) is 11.1 Å². The molecule has 80 valence electrons. The highest BCUT2D eigenvalue weighted by molar-refractivity contribution is 8.04. The Morgan fingerprint density at radius 3 is 3.13 bits per heavy atom. The van der Waals surface area contributed by atoms with Crippen molar-refractivity contribution in [1.82, 2.24) is 4.90 Å². The van der Waals surface area contributed by atoms with E-state index >= 15 is 0 Å². The Bertz CT molecular complexity index is 346. The number of esters is 1. The fraction of sp³-hybridized carbons (Fsp3) is 0.444. The average Bonchev–Trinajstić information content (AvgIpc) is 2.51. The zero-order valence-corrected chi connectivity index (χ0v) is 9.04. The summed E-state index contributed by atoms with van der Waals surface area (Å²) < 4.78 is 4.73. The number of nitriles is 1. The monoisotopic (exact) mass is 226 g/mol. The molecule has 1 fully saturated rings. The molecule has 1 saturated heterocycles. The summed E-state index contributed by atoms with van der Waals surface area (Å²) >= 11 is 1.25. The van der Waals surface area contributed by atoms with E-state index < -0.39 is 5.97 Å². The molecule has 1 heterocycles. The molecule has 5 nitrogen and oxygen atoms in total. The lowest BCUT2D eigenvalue weighted by molar-refractivity contribution is -0.146. The predicted molar refractivity (Wildman–Crippen MR) is 54.5 cm³/mol. The third kappa shape index (κ3) is 2.99. The second-order valence-corrected chi connectivity index (χ2v) is 3.68.